The first-order chi connectivity index (χ1) is 9.19. The minimum absolute atomic E-state index is 0.0511. The molecule has 0 saturated heterocycles. The van der Waals surface area contributed by atoms with E-state index in [1.54, 1.807) is 24.3 Å². The Morgan fingerprint density at radius 2 is 2.00 bits per heavy atom. The smallest absolute Gasteiger partial charge is 0.251 e. The van der Waals surface area contributed by atoms with Gasteiger partial charge in [0.25, 0.3) is 5.91 Å². The molecule has 4 heteroatoms. The lowest BCUT2D eigenvalue weighted by molar-refractivity contribution is 0.0949. The topological polar surface area (TPSA) is 52.9 Å². The van der Waals surface area contributed by atoms with Gasteiger partial charge in [0.15, 0.2) is 0 Å². The molecule has 0 heterocycles. The van der Waals surface area contributed by atoms with Gasteiger partial charge in [0, 0.05) is 16.9 Å². The molecule has 1 aromatic carbocycles. The van der Waals surface area contributed by atoms with Gasteiger partial charge in [-0.15, -0.1) is 0 Å². The van der Waals surface area contributed by atoms with Crippen molar-refractivity contribution in [3.05, 3.63) is 35.4 Å². The molecule has 0 aromatic heterocycles. The number of hydrogen-bond acceptors (Lipinski definition) is 3. The average Bonchev–Trinajstić information content (AvgIpc) is 2.94. The lowest BCUT2D eigenvalue weighted by Crippen LogP contribution is -2.38. The molecule has 1 amide bonds. The van der Waals surface area contributed by atoms with Crippen molar-refractivity contribution in [1.29, 1.82) is 5.26 Å². The summed E-state index contributed by atoms with van der Waals surface area (Å²) in [4.78, 5) is 12.1. The maximum Gasteiger partial charge on any atom is 0.251 e. The average molecular weight is 274 g/mol. The lowest BCUT2D eigenvalue weighted by atomic mass is 10.1. The second-order valence-corrected chi connectivity index (χ2v) is 6.24. The van der Waals surface area contributed by atoms with Gasteiger partial charge in [-0.05, 0) is 43.4 Å². The molecule has 2 rings (SSSR count). The number of nitrogens with one attached hydrogen (secondary N) is 1. The minimum atomic E-state index is -0.0511. The summed E-state index contributed by atoms with van der Waals surface area (Å²) in [5, 5.41) is 11.8. The van der Waals surface area contributed by atoms with E-state index in [2.05, 4.69) is 11.6 Å². The van der Waals surface area contributed by atoms with Crippen molar-refractivity contribution in [3.8, 4) is 6.07 Å². The Hall–Kier alpha value is -1.47. The molecule has 1 saturated carbocycles. The number of rotatable bonds is 4. The molecule has 0 spiro atoms. The Kier molecular flexibility index (Phi) is 4.49. The zero-order valence-corrected chi connectivity index (χ0v) is 11.9. The Bertz CT molecular complexity index is 484. The van der Waals surface area contributed by atoms with Crippen LogP contribution in [0.15, 0.2) is 24.3 Å². The Morgan fingerprint density at radius 1 is 1.37 bits per heavy atom. The highest BCUT2D eigenvalue weighted by molar-refractivity contribution is 8.00. The number of nitrogens with zero attached hydrogens (tertiary/aromatic N) is 1. The first kappa shape index (κ1) is 14.0. The van der Waals surface area contributed by atoms with Crippen LogP contribution >= 0.6 is 11.8 Å². The quantitative estimate of drug-likeness (QED) is 0.918. The van der Waals surface area contributed by atoms with Crippen molar-refractivity contribution in [1.82, 2.24) is 5.32 Å². The maximum absolute atomic E-state index is 12.1. The molecular weight excluding hydrogens is 256 g/mol. The Labute approximate surface area is 118 Å². The van der Waals surface area contributed by atoms with Crippen molar-refractivity contribution in [2.45, 2.75) is 30.4 Å². The van der Waals surface area contributed by atoms with Gasteiger partial charge in [0.1, 0.15) is 0 Å². The van der Waals surface area contributed by atoms with E-state index in [1.807, 2.05) is 17.8 Å². The summed E-state index contributed by atoms with van der Waals surface area (Å²) in [6.45, 7) is 0.729. The van der Waals surface area contributed by atoms with Crippen LogP contribution in [0.4, 0.5) is 0 Å². The second kappa shape index (κ2) is 6.12. The predicted octanol–water partition coefficient (Wildman–Crippen LogP) is 2.96. The van der Waals surface area contributed by atoms with Crippen molar-refractivity contribution >= 4 is 17.7 Å². The molecule has 1 aliphatic rings. The highest BCUT2D eigenvalue weighted by Crippen LogP contribution is 2.39. The lowest BCUT2D eigenvalue weighted by Gasteiger charge is -2.26. The van der Waals surface area contributed by atoms with Gasteiger partial charge in [-0.1, -0.05) is 12.8 Å². The molecule has 0 unspecified atom stereocenters. The van der Waals surface area contributed by atoms with Gasteiger partial charge in [-0.2, -0.15) is 17.0 Å². The Morgan fingerprint density at radius 3 is 2.53 bits per heavy atom. The first-order valence-corrected chi connectivity index (χ1v) is 7.75. The van der Waals surface area contributed by atoms with Crippen molar-refractivity contribution in [3.63, 3.8) is 0 Å². The predicted molar refractivity (Wildman–Crippen MR) is 78.2 cm³/mol. The first-order valence-electron chi connectivity index (χ1n) is 6.53. The summed E-state index contributed by atoms with van der Waals surface area (Å²) >= 11 is 1.87. The summed E-state index contributed by atoms with van der Waals surface area (Å²) < 4.78 is 0.224. The molecule has 1 aliphatic carbocycles. The molecule has 1 N–H and O–H groups in total. The van der Waals surface area contributed by atoms with Crippen LogP contribution in [0.3, 0.4) is 0 Å². The van der Waals surface area contributed by atoms with Crippen LogP contribution in [0.2, 0.25) is 0 Å². The van der Waals surface area contributed by atoms with Crippen LogP contribution in [0.25, 0.3) is 0 Å². The Balaban J connectivity index is 1.95. The third-order valence-corrected chi connectivity index (χ3v) is 5.21. The van der Waals surface area contributed by atoms with Gasteiger partial charge in [-0.25, -0.2) is 0 Å². The molecule has 3 nitrogen and oxygen atoms in total. The number of thioether (sulfide) groups is 1. The normalized spacial score (nSPS) is 16.8. The summed E-state index contributed by atoms with van der Waals surface area (Å²) in [5.41, 5.74) is 1.20. The van der Waals surface area contributed by atoms with E-state index in [4.69, 9.17) is 5.26 Å². The molecule has 0 atom stereocenters. The number of carbonyl (C=O) groups excluding carboxylic acids is 1. The van der Waals surface area contributed by atoms with E-state index in [-0.39, 0.29) is 10.7 Å². The fourth-order valence-corrected chi connectivity index (χ4v) is 3.43. The highest BCUT2D eigenvalue weighted by atomic mass is 32.2. The molecular formula is C15H18N2OS. The van der Waals surface area contributed by atoms with Gasteiger partial charge >= 0.3 is 0 Å². The number of carbonyl (C=O) groups is 1. The zero-order valence-electron chi connectivity index (χ0n) is 11.1. The van der Waals surface area contributed by atoms with Gasteiger partial charge in [0.05, 0.1) is 11.6 Å². The van der Waals surface area contributed by atoms with Crippen LogP contribution in [-0.4, -0.2) is 23.5 Å². The van der Waals surface area contributed by atoms with Gasteiger partial charge < -0.3 is 5.32 Å². The minimum Gasteiger partial charge on any atom is -0.351 e. The maximum atomic E-state index is 12.1. The van der Waals surface area contributed by atoms with E-state index >= 15 is 0 Å². The molecule has 0 aliphatic heterocycles. The number of nitriles is 1. The largest absolute Gasteiger partial charge is 0.351 e. The highest BCUT2D eigenvalue weighted by Gasteiger charge is 2.33. The second-order valence-electron chi connectivity index (χ2n) is 4.97. The molecule has 0 radical (unpaired) electrons. The monoisotopic (exact) mass is 274 g/mol. The molecule has 100 valence electrons. The third-order valence-electron chi connectivity index (χ3n) is 3.80. The number of hydrogen-bond donors (Lipinski definition) is 1. The van der Waals surface area contributed by atoms with Crippen LogP contribution in [0, 0.1) is 11.3 Å². The summed E-state index contributed by atoms with van der Waals surface area (Å²) in [6, 6.07) is 8.81. The summed E-state index contributed by atoms with van der Waals surface area (Å²) in [7, 11) is 0. The third kappa shape index (κ3) is 3.30. The van der Waals surface area contributed by atoms with Crippen LogP contribution in [0.5, 0.6) is 0 Å². The number of benzene rings is 1. The number of amides is 1. The van der Waals surface area contributed by atoms with Crippen molar-refractivity contribution in [2.75, 3.05) is 12.8 Å². The standard InChI is InChI=1S/C15H18N2OS/c1-19-15(8-2-3-9-15)11-17-14(18)13-6-4-12(10-16)5-7-13/h4-7H,2-3,8-9,11H2,1H3,(H,17,18). The van der Waals surface area contributed by atoms with Crippen LogP contribution < -0.4 is 5.32 Å². The van der Waals surface area contributed by atoms with Crippen molar-refractivity contribution in [2.24, 2.45) is 0 Å². The van der Waals surface area contributed by atoms with Gasteiger partial charge in [-0.3, -0.25) is 4.79 Å². The van der Waals surface area contributed by atoms with E-state index in [0.29, 0.717) is 11.1 Å². The van der Waals surface area contributed by atoms with E-state index in [1.165, 1.54) is 25.7 Å². The fraction of sp³-hybridized carbons (Fsp3) is 0.467. The summed E-state index contributed by atoms with van der Waals surface area (Å²) in [5.74, 6) is -0.0511. The molecule has 1 fully saturated rings. The van der Waals surface area contributed by atoms with Crippen LogP contribution in [-0.2, 0) is 0 Å². The van der Waals surface area contributed by atoms with E-state index < -0.39 is 0 Å². The molecule has 1 aromatic rings. The van der Waals surface area contributed by atoms with Crippen molar-refractivity contribution < 1.29 is 4.79 Å². The van der Waals surface area contributed by atoms with Crippen LogP contribution in [0.1, 0.15) is 41.6 Å². The van der Waals surface area contributed by atoms with E-state index in [9.17, 15) is 4.79 Å². The zero-order chi connectivity index (χ0) is 13.7. The van der Waals surface area contributed by atoms with Gasteiger partial charge in [0.2, 0.25) is 0 Å². The van der Waals surface area contributed by atoms with E-state index in [0.717, 1.165) is 6.54 Å². The SMILES string of the molecule is CSC1(CNC(=O)c2ccc(C#N)cc2)CCCC1. The molecule has 0 bridgehead atoms. The fourth-order valence-electron chi connectivity index (χ4n) is 2.51. The summed E-state index contributed by atoms with van der Waals surface area (Å²) in [6.07, 6.45) is 7.00. The molecule has 19 heavy (non-hydrogen) atoms.